The van der Waals surface area contributed by atoms with Crippen molar-refractivity contribution in [1.82, 2.24) is 0 Å². The lowest BCUT2D eigenvalue weighted by Gasteiger charge is -2.03. The molecule has 5 heteroatoms. The summed E-state index contributed by atoms with van der Waals surface area (Å²) in [5, 5.41) is 6.89. The third-order valence-corrected chi connectivity index (χ3v) is 1.83. The third-order valence-electron chi connectivity index (χ3n) is 1.83. The van der Waals surface area contributed by atoms with Gasteiger partial charge in [0.2, 0.25) is 5.96 Å². The minimum Gasteiger partial charge on any atom is -0.491 e. The number of hydrogen-bond acceptors (Lipinski definition) is 2. The van der Waals surface area contributed by atoms with Gasteiger partial charge in [-0.3, -0.25) is 5.41 Å². The number of ether oxygens (including phenoxy) is 1. The molecule has 0 amide bonds. The Morgan fingerprint density at radius 1 is 1.44 bits per heavy atom. The van der Waals surface area contributed by atoms with Gasteiger partial charge in [-0.05, 0) is 17.7 Å². The molecule has 1 aromatic rings. The van der Waals surface area contributed by atoms with Gasteiger partial charge >= 0.3 is 0 Å². The first kappa shape index (κ1) is 12.2. The second kappa shape index (κ2) is 6.55. The third kappa shape index (κ3) is 4.54. The summed E-state index contributed by atoms with van der Waals surface area (Å²) in [6.45, 7) is -0.418. The van der Waals surface area contributed by atoms with Crippen LogP contribution in [-0.4, -0.2) is 25.5 Å². The number of nitrogens with one attached hydrogen (secondary N) is 1. The van der Waals surface area contributed by atoms with E-state index in [1.807, 2.05) is 12.1 Å². The Kier molecular flexibility index (Phi) is 4.98. The smallest absolute Gasteiger partial charge is 0.212 e. The molecule has 0 saturated carbocycles. The van der Waals surface area contributed by atoms with Crippen LogP contribution in [0.2, 0.25) is 0 Å². The highest BCUT2D eigenvalue weighted by Crippen LogP contribution is 2.11. The van der Waals surface area contributed by atoms with Crippen LogP contribution in [0.5, 0.6) is 5.75 Å². The zero-order valence-electron chi connectivity index (χ0n) is 8.82. The predicted molar refractivity (Wildman–Crippen MR) is 62.0 cm³/mol. The van der Waals surface area contributed by atoms with Crippen molar-refractivity contribution >= 4 is 12.2 Å². The zero-order chi connectivity index (χ0) is 11.8. The van der Waals surface area contributed by atoms with Crippen LogP contribution < -0.4 is 10.5 Å². The van der Waals surface area contributed by atoms with E-state index in [1.165, 1.54) is 0 Å². The molecule has 0 aliphatic heterocycles. The lowest BCUT2D eigenvalue weighted by molar-refractivity contribution is 0.273. The van der Waals surface area contributed by atoms with Gasteiger partial charge in [0.1, 0.15) is 19.0 Å². The minimum absolute atomic E-state index is 0.0745. The molecule has 0 fully saturated rings. The van der Waals surface area contributed by atoms with Gasteiger partial charge in [0, 0.05) is 12.6 Å². The van der Waals surface area contributed by atoms with Crippen molar-refractivity contribution in [2.24, 2.45) is 10.7 Å². The molecule has 0 bridgehead atoms. The Morgan fingerprint density at radius 3 is 2.69 bits per heavy atom. The van der Waals surface area contributed by atoms with E-state index in [-0.39, 0.29) is 12.6 Å². The SMILES string of the molecule is N=C(N)N=CCc1ccc(OCCF)cc1. The van der Waals surface area contributed by atoms with Crippen LogP contribution in [0.3, 0.4) is 0 Å². The van der Waals surface area contributed by atoms with Gasteiger partial charge in [-0.1, -0.05) is 12.1 Å². The van der Waals surface area contributed by atoms with Crippen LogP contribution in [0.1, 0.15) is 5.56 Å². The van der Waals surface area contributed by atoms with E-state index in [2.05, 4.69) is 4.99 Å². The number of nitrogens with two attached hydrogens (primary N) is 1. The average molecular weight is 223 g/mol. The summed E-state index contributed by atoms with van der Waals surface area (Å²) in [4.78, 5) is 3.65. The number of nitrogens with zero attached hydrogens (tertiary/aromatic N) is 1. The lowest BCUT2D eigenvalue weighted by atomic mass is 10.1. The minimum atomic E-state index is -0.493. The van der Waals surface area contributed by atoms with Crippen LogP contribution in [0, 0.1) is 5.41 Å². The highest BCUT2D eigenvalue weighted by Gasteiger charge is 1.94. The molecule has 0 unspecified atom stereocenters. The fourth-order valence-corrected chi connectivity index (χ4v) is 1.13. The molecule has 0 atom stereocenters. The molecule has 0 aliphatic carbocycles. The number of halogens is 1. The molecule has 4 nitrogen and oxygen atoms in total. The maximum absolute atomic E-state index is 11.8. The van der Waals surface area contributed by atoms with Crippen LogP contribution in [0.25, 0.3) is 0 Å². The van der Waals surface area contributed by atoms with Gasteiger partial charge in [-0.2, -0.15) is 0 Å². The van der Waals surface area contributed by atoms with Gasteiger partial charge in [0.25, 0.3) is 0 Å². The first-order chi connectivity index (χ1) is 7.72. The molecular weight excluding hydrogens is 209 g/mol. The normalized spacial score (nSPS) is 10.6. The fourth-order valence-electron chi connectivity index (χ4n) is 1.13. The molecule has 1 aromatic carbocycles. The molecule has 0 saturated heterocycles. The monoisotopic (exact) mass is 223 g/mol. The molecule has 0 radical (unpaired) electrons. The first-order valence-electron chi connectivity index (χ1n) is 4.86. The van der Waals surface area contributed by atoms with Crippen LogP contribution in [0.15, 0.2) is 29.3 Å². The molecule has 0 aromatic heterocycles. The summed E-state index contributed by atoms with van der Waals surface area (Å²) >= 11 is 0. The van der Waals surface area contributed by atoms with Crippen molar-refractivity contribution in [3.05, 3.63) is 29.8 Å². The molecule has 0 aliphatic rings. The summed E-state index contributed by atoms with van der Waals surface area (Å²) in [6, 6.07) is 7.26. The summed E-state index contributed by atoms with van der Waals surface area (Å²) in [5.74, 6) is 0.438. The Balaban J connectivity index is 2.48. The molecule has 3 N–H and O–H groups in total. The van der Waals surface area contributed by atoms with Gasteiger partial charge < -0.3 is 10.5 Å². The average Bonchev–Trinajstić information content (AvgIpc) is 2.27. The van der Waals surface area contributed by atoms with Crippen LogP contribution >= 0.6 is 0 Å². The Hall–Kier alpha value is -1.91. The summed E-state index contributed by atoms with van der Waals surface area (Å²) in [6.07, 6.45) is 2.17. The maximum atomic E-state index is 11.8. The van der Waals surface area contributed by atoms with Crippen molar-refractivity contribution in [2.45, 2.75) is 6.42 Å². The first-order valence-corrected chi connectivity index (χ1v) is 4.86. The van der Waals surface area contributed by atoms with Gasteiger partial charge in [-0.25, -0.2) is 9.38 Å². The van der Waals surface area contributed by atoms with E-state index in [1.54, 1.807) is 18.3 Å². The summed E-state index contributed by atoms with van der Waals surface area (Å²) in [7, 11) is 0. The number of rotatable bonds is 5. The molecule has 16 heavy (non-hydrogen) atoms. The Bertz CT molecular complexity index is 362. The summed E-state index contributed by atoms with van der Waals surface area (Å²) in [5.41, 5.74) is 6.09. The van der Waals surface area contributed by atoms with E-state index in [4.69, 9.17) is 15.9 Å². The maximum Gasteiger partial charge on any atom is 0.212 e. The van der Waals surface area contributed by atoms with Crippen molar-refractivity contribution in [1.29, 1.82) is 5.41 Å². The van der Waals surface area contributed by atoms with Crippen molar-refractivity contribution < 1.29 is 9.13 Å². The van der Waals surface area contributed by atoms with Gasteiger partial charge in [0.15, 0.2) is 0 Å². The highest BCUT2D eigenvalue weighted by atomic mass is 19.1. The predicted octanol–water partition coefficient (Wildman–Crippen LogP) is 1.54. The Labute approximate surface area is 93.5 Å². The second-order valence-electron chi connectivity index (χ2n) is 3.08. The number of guanidine groups is 1. The molecule has 1 rings (SSSR count). The standard InChI is InChI=1S/C11H14FN3O/c12-6-8-16-10-3-1-9(2-4-10)5-7-15-11(13)14/h1-4,7H,5-6,8H2,(H3,13,14). The van der Waals surface area contributed by atoms with Gasteiger partial charge in [0.05, 0.1) is 0 Å². The topological polar surface area (TPSA) is 71.5 Å². The number of hydrogen-bond donors (Lipinski definition) is 2. The molecular formula is C11H14FN3O. The number of benzene rings is 1. The number of aliphatic imine (C=N–C) groups is 1. The quantitative estimate of drug-likeness (QED) is 0.587. The molecule has 0 heterocycles. The van der Waals surface area contributed by atoms with Crippen LogP contribution in [-0.2, 0) is 6.42 Å². The fraction of sp³-hybridized carbons (Fsp3) is 0.273. The van der Waals surface area contributed by atoms with E-state index < -0.39 is 6.67 Å². The summed E-state index contributed by atoms with van der Waals surface area (Å²) < 4.78 is 16.9. The molecule has 86 valence electrons. The second-order valence-corrected chi connectivity index (χ2v) is 3.08. The van der Waals surface area contributed by atoms with Crippen molar-refractivity contribution in [2.75, 3.05) is 13.3 Å². The van der Waals surface area contributed by atoms with Crippen molar-refractivity contribution in [3.8, 4) is 5.75 Å². The van der Waals surface area contributed by atoms with E-state index >= 15 is 0 Å². The van der Waals surface area contributed by atoms with Crippen LogP contribution in [0.4, 0.5) is 4.39 Å². The van der Waals surface area contributed by atoms with Crippen molar-refractivity contribution in [3.63, 3.8) is 0 Å². The van der Waals surface area contributed by atoms with Gasteiger partial charge in [-0.15, -0.1) is 0 Å². The lowest BCUT2D eigenvalue weighted by Crippen LogP contribution is -2.05. The highest BCUT2D eigenvalue weighted by molar-refractivity contribution is 5.84. The van der Waals surface area contributed by atoms with E-state index in [9.17, 15) is 4.39 Å². The Morgan fingerprint density at radius 2 is 2.12 bits per heavy atom. The molecule has 0 spiro atoms. The zero-order valence-corrected chi connectivity index (χ0v) is 8.82. The van der Waals surface area contributed by atoms with E-state index in [0.717, 1.165) is 5.56 Å². The number of alkyl halides is 1. The van der Waals surface area contributed by atoms with E-state index in [0.29, 0.717) is 12.2 Å². The largest absolute Gasteiger partial charge is 0.491 e.